The number of methoxy groups -OCH3 is 1. The first-order valence-corrected chi connectivity index (χ1v) is 6.14. The summed E-state index contributed by atoms with van der Waals surface area (Å²) in [6, 6.07) is -0.606. The molecule has 0 aromatic heterocycles. The summed E-state index contributed by atoms with van der Waals surface area (Å²) in [6.45, 7) is 5.10. The van der Waals surface area contributed by atoms with Gasteiger partial charge in [-0.05, 0) is 25.5 Å². The van der Waals surface area contributed by atoms with E-state index in [4.69, 9.17) is 10.5 Å². The Morgan fingerprint density at radius 2 is 1.70 bits per heavy atom. The molecule has 0 fully saturated rings. The molecule has 0 heterocycles. The molecule has 0 aliphatic carbocycles. The van der Waals surface area contributed by atoms with Gasteiger partial charge in [0.05, 0.1) is 18.2 Å². The van der Waals surface area contributed by atoms with Crippen LogP contribution in [0.2, 0.25) is 0 Å². The molecule has 0 spiro atoms. The zero-order valence-corrected chi connectivity index (χ0v) is 13.1. The fraction of sp³-hybridized carbons (Fsp3) is 0.429. The summed E-state index contributed by atoms with van der Waals surface area (Å²) in [6.07, 6.45) is -9.92. The summed E-state index contributed by atoms with van der Waals surface area (Å²) in [5.41, 5.74) is 2.81. The largest absolute Gasteiger partial charge is 0.496 e. The molecule has 0 radical (unpaired) electrons. The van der Waals surface area contributed by atoms with Crippen LogP contribution in [0.1, 0.15) is 36.1 Å². The van der Waals surface area contributed by atoms with E-state index < -0.39 is 40.8 Å². The zero-order valence-electron chi connectivity index (χ0n) is 12.3. The predicted molar refractivity (Wildman–Crippen MR) is 76.6 cm³/mol. The third-order valence-electron chi connectivity index (χ3n) is 2.93. The Morgan fingerprint density at radius 3 is 2.04 bits per heavy atom. The van der Waals surface area contributed by atoms with E-state index in [-0.39, 0.29) is 24.9 Å². The van der Waals surface area contributed by atoms with Gasteiger partial charge in [0.2, 0.25) is 0 Å². The maximum Gasteiger partial charge on any atom is 0.416 e. The SMILES string of the molecule is C=C(C)C[C@H](N)c1c(OC)cc(C(F)(F)F)cc1C(F)(F)F.Cl. The summed E-state index contributed by atoms with van der Waals surface area (Å²) in [5, 5.41) is 0. The van der Waals surface area contributed by atoms with Crippen LogP contribution < -0.4 is 10.5 Å². The van der Waals surface area contributed by atoms with E-state index in [9.17, 15) is 26.3 Å². The highest BCUT2D eigenvalue weighted by Crippen LogP contribution is 2.44. The molecule has 0 saturated heterocycles. The summed E-state index contributed by atoms with van der Waals surface area (Å²) < 4.78 is 82.3. The van der Waals surface area contributed by atoms with Gasteiger partial charge in [-0.2, -0.15) is 26.3 Å². The minimum absolute atomic E-state index is 0. The average molecular weight is 364 g/mol. The van der Waals surface area contributed by atoms with Gasteiger partial charge in [0, 0.05) is 11.6 Å². The van der Waals surface area contributed by atoms with E-state index in [2.05, 4.69) is 6.58 Å². The van der Waals surface area contributed by atoms with E-state index in [0.717, 1.165) is 7.11 Å². The highest BCUT2D eigenvalue weighted by molar-refractivity contribution is 5.85. The molecule has 132 valence electrons. The van der Waals surface area contributed by atoms with Crippen LogP contribution in [0.3, 0.4) is 0 Å². The fourth-order valence-electron chi connectivity index (χ4n) is 2.05. The van der Waals surface area contributed by atoms with Gasteiger partial charge in [0.25, 0.3) is 0 Å². The van der Waals surface area contributed by atoms with Crippen molar-refractivity contribution in [3.8, 4) is 5.75 Å². The second-order valence-electron chi connectivity index (χ2n) is 4.90. The van der Waals surface area contributed by atoms with Gasteiger partial charge in [-0.1, -0.05) is 5.57 Å². The van der Waals surface area contributed by atoms with Crippen LogP contribution in [0.15, 0.2) is 24.3 Å². The highest BCUT2D eigenvalue weighted by atomic mass is 35.5. The minimum Gasteiger partial charge on any atom is -0.496 e. The molecule has 0 aliphatic rings. The lowest BCUT2D eigenvalue weighted by atomic mass is 9.93. The monoisotopic (exact) mass is 363 g/mol. The van der Waals surface area contributed by atoms with Crippen molar-refractivity contribution in [3.05, 3.63) is 41.0 Å². The van der Waals surface area contributed by atoms with Gasteiger partial charge in [0.15, 0.2) is 0 Å². The lowest BCUT2D eigenvalue weighted by molar-refractivity contribution is -0.143. The van der Waals surface area contributed by atoms with Crippen molar-refractivity contribution in [1.29, 1.82) is 0 Å². The van der Waals surface area contributed by atoms with Gasteiger partial charge in [-0.3, -0.25) is 0 Å². The first kappa shape index (κ1) is 21.6. The third-order valence-corrected chi connectivity index (χ3v) is 2.93. The van der Waals surface area contributed by atoms with E-state index in [1.807, 2.05) is 0 Å². The fourth-order valence-corrected chi connectivity index (χ4v) is 2.05. The maximum atomic E-state index is 13.1. The lowest BCUT2D eigenvalue weighted by Crippen LogP contribution is -2.20. The molecule has 0 bridgehead atoms. The molecule has 1 atom stereocenters. The van der Waals surface area contributed by atoms with Crippen LogP contribution in [0, 0.1) is 0 Å². The summed E-state index contributed by atoms with van der Waals surface area (Å²) in [7, 11) is 0.993. The summed E-state index contributed by atoms with van der Waals surface area (Å²) in [4.78, 5) is 0. The molecule has 0 aliphatic heterocycles. The Morgan fingerprint density at radius 1 is 1.17 bits per heavy atom. The van der Waals surface area contributed by atoms with Crippen molar-refractivity contribution < 1.29 is 31.1 Å². The zero-order chi connectivity index (χ0) is 17.3. The quantitative estimate of drug-likeness (QED) is 0.595. The summed E-state index contributed by atoms with van der Waals surface area (Å²) >= 11 is 0. The molecule has 23 heavy (non-hydrogen) atoms. The highest BCUT2D eigenvalue weighted by Gasteiger charge is 2.41. The maximum absolute atomic E-state index is 13.1. The lowest BCUT2D eigenvalue weighted by Gasteiger charge is -2.23. The van der Waals surface area contributed by atoms with Crippen molar-refractivity contribution >= 4 is 12.4 Å². The van der Waals surface area contributed by atoms with E-state index in [1.54, 1.807) is 6.92 Å². The molecule has 1 rings (SSSR count). The first-order valence-electron chi connectivity index (χ1n) is 6.14. The van der Waals surface area contributed by atoms with Crippen molar-refractivity contribution in [2.24, 2.45) is 5.73 Å². The number of hydrogen-bond donors (Lipinski definition) is 1. The first-order chi connectivity index (χ1) is 9.87. The molecule has 2 N–H and O–H groups in total. The number of benzene rings is 1. The molecule has 1 aromatic rings. The number of rotatable bonds is 4. The Balaban J connectivity index is 0.00000484. The van der Waals surface area contributed by atoms with Gasteiger partial charge >= 0.3 is 12.4 Å². The smallest absolute Gasteiger partial charge is 0.416 e. The average Bonchev–Trinajstić information content (AvgIpc) is 2.33. The molecule has 9 heteroatoms. The Bertz CT molecular complexity index is 568. The third kappa shape index (κ3) is 5.31. The molecule has 1 aromatic carbocycles. The van der Waals surface area contributed by atoms with Crippen molar-refractivity contribution in [1.82, 2.24) is 0 Å². The second kappa shape index (κ2) is 7.44. The second-order valence-corrected chi connectivity index (χ2v) is 4.90. The van der Waals surface area contributed by atoms with Crippen LogP contribution in [0.5, 0.6) is 5.75 Å². The van der Waals surface area contributed by atoms with Crippen LogP contribution in [-0.2, 0) is 12.4 Å². The number of nitrogens with two attached hydrogens (primary N) is 1. The van der Waals surface area contributed by atoms with E-state index >= 15 is 0 Å². The van der Waals surface area contributed by atoms with E-state index in [1.165, 1.54) is 0 Å². The Kier molecular flexibility index (Phi) is 6.98. The molecule has 0 unspecified atom stereocenters. The van der Waals surface area contributed by atoms with Crippen LogP contribution in [0.4, 0.5) is 26.3 Å². The molecule has 2 nitrogen and oxygen atoms in total. The van der Waals surface area contributed by atoms with Crippen LogP contribution in [-0.4, -0.2) is 7.11 Å². The number of hydrogen-bond acceptors (Lipinski definition) is 2. The number of alkyl halides is 6. The molecule has 0 amide bonds. The van der Waals surface area contributed by atoms with Crippen molar-refractivity contribution in [2.45, 2.75) is 31.7 Å². The van der Waals surface area contributed by atoms with Crippen LogP contribution in [0.25, 0.3) is 0 Å². The molecular weight excluding hydrogens is 348 g/mol. The molecular formula is C14H16ClF6NO. The Hall–Kier alpha value is -1.41. The van der Waals surface area contributed by atoms with Crippen LogP contribution >= 0.6 is 12.4 Å². The Labute approximate surface area is 135 Å². The van der Waals surface area contributed by atoms with Crippen molar-refractivity contribution in [3.63, 3.8) is 0 Å². The van der Waals surface area contributed by atoms with Gasteiger partial charge in [-0.15, -0.1) is 19.0 Å². The minimum atomic E-state index is -4.99. The number of ether oxygens (including phenoxy) is 1. The topological polar surface area (TPSA) is 35.2 Å². The standard InChI is InChI=1S/C14H15F6NO.ClH/c1-7(2)4-10(21)12-9(14(18,19)20)5-8(13(15,16)17)6-11(12)22-3;/h5-6,10H,1,4,21H2,2-3H3;1H/t10-;/m0./s1. The van der Waals surface area contributed by atoms with E-state index in [0.29, 0.717) is 11.6 Å². The molecule has 0 saturated carbocycles. The predicted octanol–water partition coefficient (Wildman–Crippen LogP) is 5.12. The number of halogens is 7. The van der Waals surface area contributed by atoms with Crippen molar-refractivity contribution in [2.75, 3.05) is 7.11 Å². The van der Waals surface area contributed by atoms with Gasteiger partial charge < -0.3 is 10.5 Å². The normalized spacial score (nSPS) is 13.3. The summed E-state index contributed by atoms with van der Waals surface area (Å²) in [5.74, 6) is -0.545. The van der Waals surface area contributed by atoms with Gasteiger partial charge in [0.1, 0.15) is 5.75 Å². The van der Waals surface area contributed by atoms with Gasteiger partial charge in [-0.25, -0.2) is 0 Å².